The molecule has 0 aliphatic rings. The Morgan fingerprint density at radius 2 is 1.68 bits per heavy atom. The van der Waals surface area contributed by atoms with Crippen LogP contribution in [0.2, 0.25) is 5.02 Å². The predicted molar refractivity (Wildman–Crippen MR) is 112 cm³/mol. The smallest absolute Gasteiger partial charge is 0.246 e. The van der Waals surface area contributed by atoms with Gasteiger partial charge in [-0.25, -0.2) is 8.42 Å². The molecule has 1 unspecified atom stereocenters. The first kappa shape index (κ1) is 22.0. The zero-order valence-corrected chi connectivity index (χ0v) is 18.0. The fraction of sp³-hybridized carbons (Fsp3) is 0.350. The summed E-state index contributed by atoms with van der Waals surface area (Å²) < 4.78 is 31.3. The first-order valence-electron chi connectivity index (χ1n) is 8.80. The highest BCUT2D eigenvalue weighted by Gasteiger charge is 2.33. The maximum atomic E-state index is 13.1. The van der Waals surface area contributed by atoms with Crippen molar-refractivity contribution in [2.24, 2.45) is 0 Å². The van der Waals surface area contributed by atoms with Crippen molar-refractivity contribution in [1.29, 1.82) is 0 Å². The number of sulfonamides is 1. The number of carbonyl (C=O) groups is 1. The molecule has 0 bridgehead atoms. The highest BCUT2D eigenvalue weighted by Crippen LogP contribution is 2.25. The van der Waals surface area contributed by atoms with Crippen LogP contribution in [0.4, 0.5) is 5.69 Å². The summed E-state index contributed by atoms with van der Waals surface area (Å²) in [5.74, 6) is 0.453. The third-order valence-corrected chi connectivity index (χ3v) is 5.78. The van der Waals surface area contributed by atoms with E-state index in [1.165, 1.54) is 4.90 Å². The van der Waals surface area contributed by atoms with Gasteiger partial charge in [-0.3, -0.25) is 9.10 Å². The molecule has 2 rings (SSSR count). The second-order valence-corrected chi connectivity index (χ2v) is 8.80. The van der Waals surface area contributed by atoms with Crippen molar-refractivity contribution in [2.75, 3.05) is 24.7 Å². The molecule has 0 heterocycles. The third-order valence-electron chi connectivity index (χ3n) is 4.35. The molecule has 0 aliphatic carbocycles. The lowest BCUT2D eigenvalue weighted by atomic mass is 10.1. The van der Waals surface area contributed by atoms with Crippen LogP contribution in [0.1, 0.15) is 18.9 Å². The van der Waals surface area contributed by atoms with E-state index in [2.05, 4.69) is 0 Å². The minimum Gasteiger partial charge on any atom is -0.497 e. The first-order valence-corrected chi connectivity index (χ1v) is 11.0. The molecule has 0 radical (unpaired) electrons. The highest BCUT2D eigenvalue weighted by molar-refractivity contribution is 7.92. The first-order chi connectivity index (χ1) is 13.2. The standard InChI is InChI=1S/C20H25ClN2O4S/c1-5-19(23(28(4,25)26)17-10-8-16(21)9-11-17)20(24)22(2)14-15-6-12-18(27-3)13-7-15/h6-13,19H,5,14H2,1-4H3. The van der Waals surface area contributed by atoms with Gasteiger partial charge in [-0.15, -0.1) is 0 Å². The maximum Gasteiger partial charge on any atom is 0.246 e. The number of methoxy groups -OCH3 is 1. The Morgan fingerprint density at radius 1 is 1.11 bits per heavy atom. The predicted octanol–water partition coefficient (Wildman–Crippen LogP) is 3.55. The second-order valence-electron chi connectivity index (χ2n) is 6.50. The second kappa shape index (κ2) is 9.30. The Morgan fingerprint density at radius 3 is 2.14 bits per heavy atom. The molecule has 0 saturated heterocycles. The zero-order valence-electron chi connectivity index (χ0n) is 16.4. The molecule has 2 aromatic carbocycles. The van der Waals surface area contributed by atoms with Crippen LogP contribution in [0.3, 0.4) is 0 Å². The summed E-state index contributed by atoms with van der Waals surface area (Å²) in [6.07, 6.45) is 1.43. The van der Waals surface area contributed by atoms with E-state index < -0.39 is 16.1 Å². The van der Waals surface area contributed by atoms with Gasteiger partial charge < -0.3 is 9.64 Å². The number of hydrogen-bond donors (Lipinski definition) is 0. The van der Waals surface area contributed by atoms with Crippen LogP contribution in [0.5, 0.6) is 5.75 Å². The van der Waals surface area contributed by atoms with E-state index in [1.807, 2.05) is 24.3 Å². The molecule has 0 fully saturated rings. The van der Waals surface area contributed by atoms with E-state index in [9.17, 15) is 13.2 Å². The van der Waals surface area contributed by atoms with Crippen LogP contribution < -0.4 is 9.04 Å². The molecule has 28 heavy (non-hydrogen) atoms. The van der Waals surface area contributed by atoms with Crippen molar-refractivity contribution >= 4 is 33.2 Å². The number of carbonyl (C=O) groups excluding carboxylic acids is 1. The Bertz CT molecular complexity index is 899. The topological polar surface area (TPSA) is 66.9 Å². The van der Waals surface area contributed by atoms with Gasteiger partial charge in [0.2, 0.25) is 15.9 Å². The number of rotatable bonds is 8. The lowest BCUT2D eigenvalue weighted by Gasteiger charge is -2.33. The summed E-state index contributed by atoms with van der Waals surface area (Å²) in [5, 5.41) is 0.494. The normalized spacial score (nSPS) is 12.3. The van der Waals surface area contributed by atoms with Gasteiger partial charge >= 0.3 is 0 Å². The van der Waals surface area contributed by atoms with Crippen LogP contribution in [0, 0.1) is 0 Å². The van der Waals surface area contributed by atoms with Gasteiger partial charge in [0.1, 0.15) is 11.8 Å². The van der Waals surface area contributed by atoms with Crippen LogP contribution in [-0.2, 0) is 21.4 Å². The van der Waals surface area contributed by atoms with Crippen LogP contribution in [0.15, 0.2) is 48.5 Å². The Hall–Kier alpha value is -2.25. The number of hydrogen-bond acceptors (Lipinski definition) is 4. The van der Waals surface area contributed by atoms with Gasteiger partial charge in [0.05, 0.1) is 19.1 Å². The largest absolute Gasteiger partial charge is 0.497 e. The van der Waals surface area contributed by atoms with Crippen molar-refractivity contribution in [3.05, 3.63) is 59.1 Å². The van der Waals surface area contributed by atoms with Gasteiger partial charge in [-0.05, 0) is 48.4 Å². The van der Waals surface area contributed by atoms with Crippen molar-refractivity contribution in [1.82, 2.24) is 4.90 Å². The summed E-state index contributed by atoms with van der Waals surface area (Å²) >= 11 is 5.92. The monoisotopic (exact) mass is 424 g/mol. The number of nitrogens with zero attached hydrogens (tertiary/aromatic N) is 2. The van der Waals surface area contributed by atoms with E-state index in [-0.39, 0.29) is 5.91 Å². The summed E-state index contributed by atoms with van der Waals surface area (Å²) in [5.41, 5.74) is 1.33. The van der Waals surface area contributed by atoms with Gasteiger partial charge in [0.15, 0.2) is 0 Å². The molecular weight excluding hydrogens is 400 g/mol. The maximum absolute atomic E-state index is 13.1. The van der Waals surface area contributed by atoms with E-state index >= 15 is 0 Å². The van der Waals surface area contributed by atoms with E-state index in [0.29, 0.717) is 23.7 Å². The molecule has 0 aliphatic heterocycles. The lowest BCUT2D eigenvalue weighted by Crippen LogP contribution is -2.49. The summed E-state index contributed by atoms with van der Waals surface area (Å²) in [4.78, 5) is 14.6. The minimum atomic E-state index is -3.68. The third kappa shape index (κ3) is 5.39. The number of amides is 1. The average Bonchev–Trinajstić information content (AvgIpc) is 2.66. The van der Waals surface area contributed by atoms with Gasteiger partial charge in [0.25, 0.3) is 0 Å². The van der Waals surface area contributed by atoms with Crippen LogP contribution >= 0.6 is 11.6 Å². The number of ether oxygens (including phenoxy) is 1. The minimum absolute atomic E-state index is 0.279. The van der Waals surface area contributed by atoms with E-state index in [1.54, 1.807) is 45.3 Å². The fourth-order valence-corrected chi connectivity index (χ4v) is 4.30. The fourth-order valence-electron chi connectivity index (χ4n) is 2.97. The average molecular weight is 425 g/mol. The van der Waals surface area contributed by atoms with E-state index in [4.69, 9.17) is 16.3 Å². The molecule has 0 saturated carbocycles. The lowest BCUT2D eigenvalue weighted by molar-refractivity contribution is -0.131. The van der Waals surface area contributed by atoms with Crippen molar-refractivity contribution < 1.29 is 17.9 Å². The molecule has 2 aromatic rings. The number of halogens is 1. The van der Waals surface area contributed by atoms with Gasteiger partial charge in [-0.2, -0.15) is 0 Å². The van der Waals surface area contributed by atoms with Crippen LogP contribution in [0.25, 0.3) is 0 Å². The summed E-state index contributed by atoms with van der Waals surface area (Å²) in [6, 6.07) is 12.9. The van der Waals surface area contributed by atoms with Gasteiger partial charge in [0, 0.05) is 18.6 Å². The van der Waals surface area contributed by atoms with Crippen LogP contribution in [-0.4, -0.2) is 45.7 Å². The Kier molecular flexibility index (Phi) is 7.32. The van der Waals surface area contributed by atoms with Crippen molar-refractivity contribution in [2.45, 2.75) is 25.9 Å². The molecule has 1 amide bonds. The van der Waals surface area contributed by atoms with Crippen molar-refractivity contribution in [3.8, 4) is 5.75 Å². The summed E-state index contributed by atoms with van der Waals surface area (Å²) in [6.45, 7) is 2.15. The Labute approximate surface area is 171 Å². The molecule has 8 heteroatoms. The zero-order chi connectivity index (χ0) is 20.9. The van der Waals surface area contributed by atoms with Crippen molar-refractivity contribution in [3.63, 3.8) is 0 Å². The number of likely N-dealkylation sites (N-methyl/N-ethyl adjacent to an activating group) is 1. The molecule has 0 aromatic heterocycles. The molecule has 0 spiro atoms. The number of anilines is 1. The highest BCUT2D eigenvalue weighted by atomic mass is 35.5. The SMILES string of the molecule is CCC(C(=O)N(C)Cc1ccc(OC)cc1)N(c1ccc(Cl)cc1)S(C)(=O)=O. The Balaban J connectivity index is 2.28. The molecule has 6 nitrogen and oxygen atoms in total. The molecule has 152 valence electrons. The summed E-state index contributed by atoms with van der Waals surface area (Å²) in [7, 11) is -0.422. The van der Waals surface area contributed by atoms with Gasteiger partial charge in [-0.1, -0.05) is 30.7 Å². The molecular formula is C20H25ClN2O4S. The number of benzene rings is 2. The quantitative estimate of drug-likeness (QED) is 0.649. The van der Waals surface area contributed by atoms with E-state index in [0.717, 1.165) is 21.9 Å². The molecule has 1 atom stereocenters. The molecule has 0 N–H and O–H groups in total.